The van der Waals surface area contributed by atoms with Crippen LogP contribution in [0, 0.1) is 0 Å². The van der Waals surface area contributed by atoms with Crippen LogP contribution >= 0.6 is 0 Å². The highest BCUT2D eigenvalue weighted by Gasteiger charge is 2.17. The molecule has 0 bridgehead atoms. The quantitative estimate of drug-likeness (QED) is 0.165. The van der Waals surface area contributed by atoms with E-state index in [0.717, 1.165) is 88.8 Å². The van der Waals surface area contributed by atoms with E-state index in [4.69, 9.17) is 19.9 Å². The second-order valence-electron chi connectivity index (χ2n) is 13.8. The molecule has 0 radical (unpaired) electrons. The van der Waals surface area contributed by atoms with Crippen LogP contribution < -0.4 is 0 Å². The summed E-state index contributed by atoms with van der Waals surface area (Å²) in [7, 11) is 0. The Bertz CT molecular complexity index is 2820. The number of rotatable bonds is 7. The van der Waals surface area contributed by atoms with Gasteiger partial charge in [-0.15, -0.1) is 0 Å². The molecular weight excluding hydrogens is 681 g/mol. The molecule has 4 heteroatoms. The normalized spacial score (nSPS) is 11.2. The van der Waals surface area contributed by atoms with Gasteiger partial charge >= 0.3 is 0 Å². The van der Waals surface area contributed by atoms with Crippen LogP contribution in [0.5, 0.6) is 0 Å². The number of aromatic nitrogens is 4. The van der Waals surface area contributed by atoms with Gasteiger partial charge < -0.3 is 0 Å². The smallest absolute Gasteiger partial charge is 0.160 e. The number of para-hydroxylation sites is 2. The summed E-state index contributed by atoms with van der Waals surface area (Å²) in [4.78, 5) is 20.2. The van der Waals surface area contributed by atoms with E-state index in [-0.39, 0.29) is 0 Å². The highest BCUT2D eigenvalue weighted by Crippen LogP contribution is 2.41. The first-order valence-corrected chi connectivity index (χ1v) is 18.8. The molecule has 56 heavy (non-hydrogen) atoms. The standard InChI is InChI=1S/C52H34N4/c1-3-17-35(18-4-1)51-53-47-31-13-11-29-45(47)49(55-51)39-23-15-21-37(33-39)41-25-7-9-27-43(41)44-28-10-8-26-42(44)38-22-16-24-40(34-38)50-46-30-12-14-32-48(46)54-52(56-50)36-19-5-2-6-20-36/h1-34H. The molecule has 0 saturated carbocycles. The second kappa shape index (κ2) is 14.3. The lowest BCUT2D eigenvalue weighted by Gasteiger charge is -2.16. The van der Waals surface area contributed by atoms with Crippen molar-refractivity contribution in [2.75, 3.05) is 0 Å². The van der Waals surface area contributed by atoms with Gasteiger partial charge in [-0.05, 0) is 57.6 Å². The van der Waals surface area contributed by atoms with Gasteiger partial charge in [0.25, 0.3) is 0 Å². The van der Waals surface area contributed by atoms with Gasteiger partial charge in [0.1, 0.15) is 0 Å². The van der Waals surface area contributed by atoms with Gasteiger partial charge in [0.15, 0.2) is 11.6 Å². The van der Waals surface area contributed by atoms with E-state index < -0.39 is 0 Å². The Morgan fingerprint density at radius 2 is 0.571 bits per heavy atom. The van der Waals surface area contributed by atoms with E-state index >= 15 is 0 Å². The highest BCUT2D eigenvalue weighted by atomic mass is 14.9. The summed E-state index contributed by atoms with van der Waals surface area (Å²) in [5, 5.41) is 2.05. The molecule has 2 aromatic heterocycles. The number of nitrogens with zero attached hydrogens (tertiary/aromatic N) is 4. The summed E-state index contributed by atoms with van der Waals surface area (Å²) < 4.78 is 0. The molecule has 0 aliphatic carbocycles. The van der Waals surface area contributed by atoms with Crippen molar-refractivity contribution in [2.45, 2.75) is 0 Å². The summed E-state index contributed by atoms with van der Waals surface area (Å²) in [5.41, 5.74) is 14.6. The molecule has 0 fully saturated rings. The fraction of sp³-hybridized carbons (Fsp3) is 0. The summed E-state index contributed by atoms with van der Waals surface area (Å²) in [5.74, 6) is 1.43. The number of hydrogen-bond donors (Lipinski definition) is 0. The lowest BCUT2D eigenvalue weighted by molar-refractivity contribution is 1.23. The second-order valence-corrected chi connectivity index (χ2v) is 13.8. The molecule has 0 N–H and O–H groups in total. The molecule has 10 rings (SSSR count). The maximum absolute atomic E-state index is 5.17. The molecule has 262 valence electrons. The third-order valence-electron chi connectivity index (χ3n) is 10.3. The molecule has 4 nitrogen and oxygen atoms in total. The summed E-state index contributed by atoms with van der Waals surface area (Å²) in [6.45, 7) is 0. The van der Waals surface area contributed by atoms with E-state index in [0.29, 0.717) is 11.6 Å². The van der Waals surface area contributed by atoms with Crippen molar-refractivity contribution >= 4 is 21.8 Å². The Hall–Kier alpha value is -7.56. The van der Waals surface area contributed by atoms with Crippen molar-refractivity contribution in [3.05, 3.63) is 206 Å². The minimum Gasteiger partial charge on any atom is -0.228 e. The van der Waals surface area contributed by atoms with Crippen molar-refractivity contribution in [2.24, 2.45) is 0 Å². The third kappa shape index (κ3) is 6.19. The molecule has 0 saturated heterocycles. The highest BCUT2D eigenvalue weighted by molar-refractivity contribution is 5.98. The van der Waals surface area contributed by atoms with Gasteiger partial charge in [-0.25, -0.2) is 19.9 Å². The fourth-order valence-electron chi connectivity index (χ4n) is 7.63. The SMILES string of the molecule is c1ccc(-c2nc(-c3cccc(-c4ccccc4-c4ccccc4-c4cccc(-c5nc(-c6ccccc6)nc6ccccc56)c4)c3)c3ccccc3n2)cc1. The largest absolute Gasteiger partial charge is 0.228 e. The minimum atomic E-state index is 0.715. The molecule has 0 atom stereocenters. The van der Waals surface area contributed by atoms with Crippen molar-refractivity contribution in [3.8, 4) is 78.7 Å². The van der Waals surface area contributed by atoms with E-state index in [2.05, 4.69) is 158 Å². The maximum atomic E-state index is 5.17. The lowest BCUT2D eigenvalue weighted by atomic mass is 9.88. The molecular formula is C52H34N4. The van der Waals surface area contributed by atoms with E-state index in [1.165, 1.54) is 0 Å². The monoisotopic (exact) mass is 714 g/mol. The molecule has 0 unspecified atom stereocenters. The van der Waals surface area contributed by atoms with Crippen LogP contribution in [-0.4, -0.2) is 19.9 Å². The van der Waals surface area contributed by atoms with Crippen LogP contribution in [-0.2, 0) is 0 Å². The van der Waals surface area contributed by atoms with E-state index in [9.17, 15) is 0 Å². The Labute approximate surface area is 325 Å². The van der Waals surface area contributed by atoms with Gasteiger partial charge in [0.2, 0.25) is 0 Å². The van der Waals surface area contributed by atoms with Crippen molar-refractivity contribution in [1.29, 1.82) is 0 Å². The Kier molecular flexibility index (Phi) is 8.47. The Morgan fingerprint density at radius 3 is 1.02 bits per heavy atom. The number of benzene rings is 8. The van der Waals surface area contributed by atoms with Gasteiger partial charge in [-0.2, -0.15) is 0 Å². The Balaban J connectivity index is 1.08. The van der Waals surface area contributed by atoms with Crippen LogP contribution in [0.2, 0.25) is 0 Å². The molecule has 0 aliphatic heterocycles. The summed E-state index contributed by atoms with van der Waals surface area (Å²) >= 11 is 0. The number of hydrogen-bond acceptors (Lipinski definition) is 4. The molecule has 0 amide bonds. The van der Waals surface area contributed by atoms with Crippen LogP contribution in [0.15, 0.2) is 206 Å². The van der Waals surface area contributed by atoms with Gasteiger partial charge in [-0.1, -0.05) is 182 Å². The first kappa shape index (κ1) is 33.0. The third-order valence-corrected chi connectivity index (χ3v) is 10.3. The van der Waals surface area contributed by atoms with Crippen molar-refractivity contribution in [3.63, 3.8) is 0 Å². The predicted octanol–water partition coefficient (Wildman–Crippen LogP) is 13.2. The van der Waals surface area contributed by atoms with Crippen molar-refractivity contribution in [1.82, 2.24) is 19.9 Å². The predicted molar refractivity (Wildman–Crippen MR) is 231 cm³/mol. The molecule has 0 aliphatic rings. The maximum Gasteiger partial charge on any atom is 0.160 e. The zero-order chi connectivity index (χ0) is 37.3. The van der Waals surface area contributed by atoms with Crippen LogP contribution in [0.3, 0.4) is 0 Å². The molecule has 10 aromatic rings. The zero-order valence-corrected chi connectivity index (χ0v) is 30.4. The first-order chi connectivity index (χ1) is 27.8. The lowest BCUT2D eigenvalue weighted by Crippen LogP contribution is -1.96. The van der Waals surface area contributed by atoms with Crippen LogP contribution in [0.1, 0.15) is 0 Å². The molecule has 0 spiro atoms. The van der Waals surface area contributed by atoms with E-state index in [1.54, 1.807) is 0 Å². The van der Waals surface area contributed by atoms with Crippen molar-refractivity contribution < 1.29 is 0 Å². The topological polar surface area (TPSA) is 51.6 Å². The molecule has 2 heterocycles. The number of fused-ring (bicyclic) bond motifs is 2. The fourth-order valence-corrected chi connectivity index (χ4v) is 7.63. The first-order valence-electron chi connectivity index (χ1n) is 18.8. The van der Waals surface area contributed by atoms with Gasteiger partial charge in [-0.3, -0.25) is 0 Å². The van der Waals surface area contributed by atoms with Gasteiger partial charge in [0.05, 0.1) is 22.4 Å². The van der Waals surface area contributed by atoms with Crippen LogP contribution in [0.25, 0.3) is 100 Å². The summed E-state index contributed by atoms with van der Waals surface area (Å²) in [6, 6.07) is 71.7. The minimum absolute atomic E-state index is 0.715. The van der Waals surface area contributed by atoms with E-state index in [1.807, 2.05) is 48.5 Å². The zero-order valence-electron chi connectivity index (χ0n) is 30.4. The average Bonchev–Trinajstić information content (AvgIpc) is 3.29. The van der Waals surface area contributed by atoms with Crippen LogP contribution in [0.4, 0.5) is 0 Å². The Morgan fingerprint density at radius 1 is 0.232 bits per heavy atom. The van der Waals surface area contributed by atoms with Gasteiger partial charge in [0, 0.05) is 33.0 Å². The molecule has 8 aromatic carbocycles. The summed E-state index contributed by atoms with van der Waals surface area (Å²) in [6.07, 6.45) is 0. The average molecular weight is 715 g/mol.